The normalized spacial score (nSPS) is 11.3. The summed E-state index contributed by atoms with van der Waals surface area (Å²) in [6, 6.07) is 0. The summed E-state index contributed by atoms with van der Waals surface area (Å²) in [6.07, 6.45) is 6.88. The number of nitrogens with zero attached hydrogens (tertiary/aromatic N) is 4. The van der Waals surface area contributed by atoms with Crippen molar-refractivity contribution in [2.45, 2.75) is 25.5 Å². The van der Waals surface area contributed by atoms with Crippen LogP contribution in [0.3, 0.4) is 0 Å². The van der Waals surface area contributed by atoms with Crippen LogP contribution in [-0.2, 0) is 16.1 Å². The van der Waals surface area contributed by atoms with Gasteiger partial charge in [0.25, 0.3) is 0 Å². The molecule has 0 radical (unpaired) electrons. The smallest absolute Gasteiger partial charge is 0.243 e. The van der Waals surface area contributed by atoms with E-state index < -0.39 is 0 Å². The third kappa shape index (κ3) is 5.43. The van der Waals surface area contributed by atoms with Crippen molar-refractivity contribution >= 4 is 34.5 Å². The summed E-state index contributed by atoms with van der Waals surface area (Å²) >= 11 is 1.48. The Kier molecular flexibility index (Phi) is 7.68. The SMILES string of the molecule is C/C=C\C(=O)NCCn1ncc2c(NCCOCC)nc(SC)nc21. The molecule has 9 heteroatoms. The maximum Gasteiger partial charge on any atom is 0.243 e. The van der Waals surface area contributed by atoms with Gasteiger partial charge in [-0.05, 0) is 26.2 Å². The van der Waals surface area contributed by atoms with E-state index in [9.17, 15) is 4.79 Å². The number of amides is 1. The summed E-state index contributed by atoms with van der Waals surface area (Å²) in [5, 5.41) is 12.0. The van der Waals surface area contributed by atoms with Gasteiger partial charge in [-0.2, -0.15) is 5.10 Å². The third-order valence-electron chi connectivity index (χ3n) is 3.34. The molecule has 0 atom stereocenters. The standard InChI is InChI=1S/C16H24N6O2S/c1-4-6-13(23)17-7-9-22-15-12(11-19-22)14(18-8-10-24-5-2)20-16(21-15)25-3/h4,6,11H,5,7-10H2,1-3H3,(H,17,23)(H,18,20,21)/b6-4-. The number of ether oxygens (including phenoxy) is 1. The monoisotopic (exact) mass is 364 g/mol. The molecule has 2 aromatic rings. The van der Waals surface area contributed by atoms with Crippen LogP contribution in [0.2, 0.25) is 0 Å². The van der Waals surface area contributed by atoms with Crippen molar-refractivity contribution in [3.63, 3.8) is 0 Å². The minimum atomic E-state index is -0.114. The van der Waals surface area contributed by atoms with Gasteiger partial charge in [0.1, 0.15) is 5.82 Å². The maximum absolute atomic E-state index is 11.5. The van der Waals surface area contributed by atoms with Crippen LogP contribution < -0.4 is 10.6 Å². The molecule has 2 N–H and O–H groups in total. The molecule has 2 heterocycles. The van der Waals surface area contributed by atoms with Crippen molar-refractivity contribution in [3.05, 3.63) is 18.3 Å². The number of aromatic nitrogens is 4. The Hall–Kier alpha value is -2.13. The molecule has 2 aromatic heterocycles. The van der Waals surface area contributed by atoms with E-state index in [1.165, 1.54) is 17.8 Å². The average molecular weight is 364 g/mol. The molecule has 0 saturated heterocycles. The lowest BCUT2D eigenvalue weighted by Crippen LogP contribution is -2.25. The van der Waals surface area contributed by atoms with Gasteiger partial charge in [-0.15, -0.1) is 0 Å². The third-order valence-corrected chi connectivity index (χ3v) is 3.89. The number of hydrogen-bond donors (Lipinski definition) is 2. The highest BCUT2D eigenvalue weighted by molar-refractivity contribution is 7.98. The summed E-state index contributed by atoms with van der Waals surface area (Å²) in [4.78, 5) is 20.5. The highest BCUT2D eigenvalue weighted by atomic mass is 32.2. The predicted molar refractivity (Wildman–Crippen MR) is 99.9 cm³/mol. The first-order valence-electron chi connectivity index (χ1n) is 8.19. The minimum Gasteiger partial charge on any atom is -0.380 e. The molecular formula is C16H24N6O2S. The molecule has 0 saturated carbocycles. The zero-order chi connectivity index (χ0) is 18.1. The summed E-state index contributed by atoms with van der Waals surface area (Å²) in [6.45, 7) is 6.75. The fraction of sp³-hybridized carbons (Fsp3) is 0.500. The zero-order valence-electron chi connectivity index (χ0n) is 14.8. The Bertz CT molecular complexity index is 731. The van der Waals surface area contributed by atoms with Crippen LogP contribution in [0.25, 0.3) is 11.0 Å². The van der Waals surface area contributed by atoms with Gasteiger partial charge >= 0.3 is 0 Å². The number of nitrogens with one attached hydrogen (secondary N) is 2. The van der Waals surface area contributed by atoms with Crippen LogP contribution in [-0.4, -0.2) is 58.2 Å². The average Bonchev–Trinajstić information content (AvgIpc) is 3.02. The molecule has 0 aliphatic carbocycles. The number of fused-ring (bicyclic) bond motifs is 1. The lowest BCUT2D eigenvalue weighted by molar-refractivity contribution is -0.116. The lowest BCUT2D eigenvalue weighted by atomic mass is 10.4. The molecule has 136 valence electrons. The Morgan fingerprint density at radius 3 is 2.96 bits per heavy atom. The number of carbonyl (C=O) groups is 1. The summed E-state index contributed by atoms with van der Waals surface area (Å²) in [5.41, 5.74) is 0.749. The van der Waals surface area contributed by atoms with E-state index >= 15 is 0 Å². The quantitative estimate of drug-likeness (QED) is 0.287. The maximum atomic E-state index is 11.5. The van der Waals surface area contributed by atoms with Gasteiger partial charge in [-0.3, -0.25) is 4.79 Å². The number of carbonyl (C=O) groups excluding carboxylic acids is 1. The zero-order valence-corrected chi connectivity index (χ0v) is 15.6. The molecule has 0 aliphatic rings. The molecule has 0 bridgehead atoms. The molecule has 8 nitrogen and oxygen atoms in total. The molecule has 25 heavy (non-hydrogen) atoms. The molecule has 0 unspecified atom stereocenters. The fourth-order valence-electron chi connectivity index (χ4n) is 2.21. The Labute approximate surface area is 151 Å². The van der Waals surface area contributed by atoms with Gasteiger partial charge in [-0.25, -0.2) is 14.6 Å². The number of allylic oxidation sites excluding steroid dienone is 1. The molecule has 0 fully saturated rings. The van der Waals surface area contributed by atoms with Gasteiger partial charge in [0.2, 0.25) is 5.91 Å². The number of anilines is 1. The number of rotatable bonds is 10. The van der Waals surface area contributed by atoms with Gasteiger partial charge in [0, 0.05) is 19.7 Å². The summed E-state index contributed by atoms with van der Waals surface area (Å²) in [7, 11) is 0. The molecular weight excluding hydrogens is 340 g/mol. The van der Waals surface area contributed by atoms with Crippen LogP contribution in [0.5, 0.6) is 0 Å². The molecule has 0 spiro atoms. The van der Waals surface area contributed by atoms with Crippen molar-refractivity contribution in [2.75, 3.05) is 37.9 Å². The van der Waals surface area contributed by atoms with Crippen molar-refractivity contribution in [2.24, 2.45) is 0 Å². The van der Waals surface area contributed by atoms with Gasteiger partial charge in [-0.1, -0.05) is 17.8 Å². The van der Waals surface area contributed by atoms with Crippen molar-refractivity contribution in [1.29, 1.82) is 0 Å². The number of hydrogen-bond acceptors (Lipinski definition) is 7. The van der Waals surface area contributed by atoms with E-state index in [0.29, 0.717) is 38.0 Å². The number of thioether (sulfide) groups is 1. The Morgan fingerprint density at radius 1 is 1.40 bits per heavy atom. The predicted octanol–water partition coefficient (Wildman–Crippen LogP) is 1.69. The van der Waals surface area contributed by atoms with E-state index in [0.717, 1.165) is 16.9 Å². The lowest BCUT2D eigenvalue weighted by Gasteiger charge is -2.09. The molecule has 0 aliphatic heterocycles. The van der Waals surface area contributed by atoms with Crippen molar-refractivity contribution < 1.29 is 9.53 Å². The van der Waals surface area contributed by atoms with E-state index in [2.05, 4.69) is 25.7 Å². The fourth-order valence-corrected chi connectivity index (χ4v) is 2.57. The second-order valence-electron chi connectivity index (χ2n) is 5.08. The molecule has 1 amide bonds. The minimum absolute atomic E-state index is 0.114. The van der Waals surface area contributed by atoms with Crippen LogP contribution in [0.4, 0.5) is 5.82 Å². The Morgan fingerprint density at radius 2 is 2.24 bits per heavy atom. The van der Waals surface area contributed by atoms with E-state index in [1.807, 2.05) is 20.1 Å². The van der Waals surface area contributed by atoms with Gasteiger partial charge < -0.3 is 15.4 Å². The second kappa shape index (κ2) is 10.00. The molecule has 0 aromatic carbocycles. The largest absolute Gasteiger partial charge is 0.380 e. The van der Waals surface area contributed by atoms with Gasteiger partial charge in [0.15, 0.2) is 10.8 Å². The van der Waals surface area contributed by atoms with Gasteiger partial charge in [0.05, 0.1) is 24.7 Å². The Balaban J connectivity index is 2.12. The van der Waals surface area contributed by atoms with Crippen LogP contribution in [0, 0.1) is 0 Å². The van der Waals surface area contributed by atoms with E-state index in [1.54, 1.807) is 17.0 Å². The van der Waals surface area contributed by atoms with Crippen LogP contribution >= 0.6 is 11.8 Å². The second-order valence-corrected chi connectivity index (χ2v) is 5.85. The first-order valence-corrected chi connectivity index (χ1v) is 9.41. The van der Waals surface area contributed by atoms with Crippen LogP contribution in [0.15, 0.2) is 23.5 Å². The van der Waals surface area contributed by atoms with E-state index in [-0.39, 0.29) is 5.91 Å². The topological polar surface area (TPSA) is 94.0 Å². The van der Waals surface area contributed by atoms with Crippen LogP contribution in [0.1, 0.15) is 13.8 Å². The van der Waals surface area contributed by atoms with Crippen molar-refractivity contribution in [1.82, 2.24) is 25.1 Å². The summed E-state index contributed by atoms with van der Waals surface area (Å²) < 4.78 is 7.12. The highest BCUT2D eigenvalue weighted by Crippen LogP contribution is 2.23. The van der Waals surface area contributed by atoms with E-state index in [4.69, 9.17) is 4.74 Å². The highest BCUT2D eigenvalue weighted by Gasteiger charge is 2.12. The first-order chi connectivity index (χ1) is 12.2. The molecule has 2 rings (SSSR count). The first kappa shape index (κ1) is 19.2. The summed E-state index contributed by atoms with van der Waals surface area (Å²) in [5.74, 6) is 0.634. The van der Waals surface area contributed by atoms with Crippen molar-refractivity contribution in [3.8, 4) is 0 Å².